The molecule has 1 aromatic rings. The predicted molar refractivity (Wildman–Crippen MR) is 77.5 cm³/mol. The summed E-state index contributed by atoms with van der Waals surface area (Å²) in [5.41, 5.74) is 6.00. The normalized spacial score (nSPS) is 22.0. The van der Waals surface area contributed by atoms with Gasteiger partial charge in [0.15, 0.2) is 0 Å². The lowest BCUT2D eigenvalue weighted by Crippen LogP contribution is -2.36. The molecule has 0 aromatic heterocycles. The third-order valence-corrected chi connectivity index (χ3v) is 3.93. The van der Waals surface area contributed by atoms with E-state index in [2.05, 4.69) is 15.9 Å². The van der Waals surface area contributed by atoms with Gasteiger partial charge in [0.2, 0.25) is 0 Å². The molecule has 0 radical (unpaired) electrons. The lowest BCUT2D eigenvalue weighted by Gasteiger charge is -2.21. The Hall–Kier alpha value is -0.980. The second-order valence-corrected chi connectivity index (χ2v) is 5.91. The average Bonchev–Trinajstić information content (AvgIpc) is 2.90. The van der Waals surface area contributed by atoms with Crippen LogP contribution in [0.2, 0.25) is 0 Å². The van der Waals surface area contributed by atoms with Crippen LogP contribution in [0.25, 0.3) is 0 Å². The van der Waals surface area contributed by atoms with Gasteiger partial charge in [0, 0.05) is 30.2 Å². The molecule has 0 saturated carbocycles. The van der Waals surface area contributed by atoms with Gasteiger partial charge in [-0.25, -0.2) is 4.39 Å². The molecule has 6 heteroatoms. The molecular formula is C14H18BrFN2O2. The highest BCUT2D eigenvalue weighted by atomic mass is 79.9. The zero-order valence-corrected chi connectivity index (χ0v) is 12.9. The van der Waals surface area contributed by atoms with E-state index in [-0.39, 0.29) is 24.4 Å². The van der Waals surface area contributed by atoms with Crippen LogP contribution in [0.5, 0.6) is 0 Å². The van der Waals surface area contributed by atoms with Crippen LogP contribution in [0.3, 0.4) is 0 Å². The van der Waals surface area contributed by atoms with Crippen LogP contribution in [0.4, 0.5) is 4.39 Å². The van der Waals surface area contributed by atoms with E-state index in [0.717, 1.165) is 10.9 Å². The molecule has 0 spiro atoms. The van der Waals surface area contributed by atoms with E-state index in [1.54, 1.807) is 19.2 Å². The van der Waals surface area contributed by atoms with Crippen molar-refractivity contribution in [3.63, 3.8) is 0 Å². The number of carbonyl (C=O) groups excluding carboxylic acids is 1. The monoisotopic (exact) mass is 344 g/mol. The minimum atomic E-state index is -0.455. The summed E-state index contributed by atoms with van der Waals surface area (Å²) in [6, 6.07) is 4.69. The first-order valence-corrected chi connectivity index (χ1v) is 7.35. The molecule has 2 rings (SSSR count). The second kappa shape index (κ2) is 6.65. The van der Waals surface area contributed by atoms with Crippen LogP contribution >= 0.6 is 15.9 Å². The maximum absolute atomic E-state index is 13.7. The minimum Gasteiger partial charge on any atom is -0.364 e. The largest absolute Gasteiger partial charge is 0.364 e. The third kappa shape index (κ3) is 3.56. The van der Waals surface area contributed by atoms with Gasteiger partial charge in [0.05, 0.1) is 6.10 Å². The minimum absolute atomic E-state index is 0.0417. The van der Waals surface area contributed by atoms with Crippen molar-refractivity contribution in [3.05, 3.63) is 34.1 Å². The second-order valence-electron chi connectivity index (χ2n) is 4.99. The van der Waals surface area contributed by atoms with Gasteiger partial charge in [-0.15, -0.1) is 0 Å². The summed E-state index contributed by atoms with van der Waals surface area (Å²) in [5.74, 6) is -0.444. The Morgan fingerprint density at radius 2 is 2.30 bits per heavy atom. The van der Waals surface area contributed by atoms with Crippen molar-refractivity contribution in [2.24, 2.45) is 5.73 Å². The van der Waals surface area contributed by atoms with E-state index in [9.17, 15) is 9.18 Å². The van der Waals surface area contributed by atoms with E-state index in [4.69, 9.17) is 10.5 Å². The van der Waals surface area contributed by atoms with Gasteiger partial charge in [0.1, 0.15) is 11.9 Å². The van der Waals surface area contributed by atoms with Crippen LogP contribution in [-0.2, 0) is 16.1 Å². The van der Waals surface area contributed by atoms with Crippen molar-refractivity contribution in [1.29, 1.82) is 0 Å². The maximum atomic E-state index is 13.7. The Balaban J connectivity index is 1.99. The topological polar surface area (TPSA) is 55.6 Å². The molecule has 0 unspecified atom stereocenters. The van der Waals surface area contributed by atoms with E-state index >= 15 is 0 Å². The maximum Gasteiger partial charge on any atom is 0.251 e. The molecule has 1 aromatic carbocycles. The highest BCUT2D eigenvalue weighted by Crippen LogP contribution is 2.22. The number of hydrogen-bond donors (Lipinski definition) is 1. The zero-order chi connectivity index (χ0) is 14.7. The number of halogens is 2. The van der Waals surface area contributed by atoms with Crippen LogP contribution in [0, 0.1) is 5.82 Å². The Morgan fingerprint density at radius 3 is 2.95 bits per heavy atom. The van der Waals surface area contributed by atoms with E-state index in [1.165, 1.54) is 11.0 Å². The zero-order valence-electron chi connectivity index (χ0n) is 11.3. The number of amides is 1. The Labute approximate surface area is 126 Å². The molecule has 20 heavy (non-hydrogen) atoms. The molecule has 4 nitrogen and oxygen atoms in total. The van der Waals surface area contributed by atoms with Crippen molar-refractivity contribution >= 4 is 21.8 Å². The van der Waals surface area contributed by atoms with Crippen LogP contribution in [0.15, 0.2) is 22.7 Å². The van der Waals surface area contributed by atoms with Gasteiger partial charge in [-0.2, -0.15) is 0 Å². The van der Waals surface area contributed by atoms with Gasteiger partial charge in [-0.3, -0.25) is 4.79 Å². The fourth-order valence-corrected chi connectivity index (χ4v) is 2.71. The number of benzene rings is 1. The number of nitrogens with zero attached hydrogens (tertiary/aromatic N) is 1. The molecule has 0 bridgehead atoms. The molecule has 2 N–H and O–H groups in total. The van der Waals surface area contributed by atoms with Crippen molar-refractivity contribution in [2.45, 2.75) is 31.6 Å². The summed E-state index contributed by atoms with van der Waals surface area (Å²) in [7, 11) is 1.65. The van der Waals surface area contributed by atoms with Gasteiger partial charge >= 0.3 is 0 Å². The Kier molecular flexibility index (Phi) is 5.12. The standard InChI is InChI=1S/C14H18BrFN2O2/c1-18(8-9-6-10(15)2-4-12(9)16)14(19)13-5-3-11(7-17)20-13/h2,4,6,11,13H,3,5,7-8,17H2,1H3/t11-,13+/m1/s1. The Bertz CT molecular complexity index is 498. The predicted octanol–water partition coefficient (Wildman–Crippen LogP) is 2.05. The molecule has 1 aliphatic heterocycles. The number of carbonyl (C=O) groups is 1. The first kappa shape index (κ1) is 15.4. The quantitative estimate of drug-likeness (QED) is 0.909. The molecule has 110 valence electrons. The van der Waals surface area contributed by atoms with Gasteiger partial charge < -0.3 is 15.4 Å². The van der Waals surface area contributed by atoms with Crippen molar-refractivity contribution < 1.29 is 13.9 Å². The van der Waals surface area contributed by atoms with E-state index < -0.39 is 6.10 Å². The number of ether oxygens (including phenoxy) is 1. The summed E-state index contributed by atoms with van der Waals surface area (Å²) in [4.78, 5) is 13.7. The first-order valence-electron chi connectivity index (χ1n) is 6.55. The summed E-state index contributed by atoms with van der Waals surface area (Å²) in [6.07, 6.45) is 0.974. The summed E-state index contributed by atoms with van der Waals surface area (Å²) in [6.45, 7) is 0.644. The molecular weight excluding hydrogens is 327 g/mol. The average molecular weight is 345 g/mol. The fraction of sp³-hybridized carbons (Fsp3) is 0.500. The summed E-state index contributed by atoms with van der Waals surface area (Å²) in [5, 5.41) is 0. The molecule has 2 atom stereocenters. The molecule has 1 saturated heterocycles. The first-order chi connectivity index (χ1) is 9.51. The molecule has 1 aliphatic rings. The number of hydrogen-bond acceptors (Lipinski definition) is 3. The lowest BCUT2D eigenvalue weighted by atomic mass is 10.1. The molecule has 1 fully saturated rings. The van der Waals surface area contributed by atoms with Crippen molar-refractivity contribution in [3.8, 4) is 0 Å². The fourth-order valence-electron chi connectivity index (χ4n) is 2.30. The van der Waals surface area contributed by atoms with E-state index in [1.807, 2.05) is 0 Å². The number of nitrogens with two attached hydrogens (primary N) is 1. The third-order valence-electron chi connectivity index (χ3n) is 3.44. The Morgan fingerprint density at radius 1 is 1.55 bits per heavy atom. The van der Waals surface area contributed by atoms with E-state index in [0.29, 0.717) is 18.5 Å². The van der Waals surface area contributed by atoms with Gasteiger partial charge in [-0.05, 0) is 31.0 Å². The number of rotatable bonds is 4. The highest BCUT2D eigenvalue weighted by molar-refractivity contribution is 9.10. The van der Waals surface area contributed by atoms with Crippen molar-refractivity contribution in [2.75, 3.05) is 13.6 Å². The molecule has 1 amide bonds. The number of likely N-dealkylation sites (N-methyl/N-ethyl adjacent to an activating group) is 1. The smallest absolute Gasteiger partial charge is 0.251 e. The van der Waals surface area contributed by atoms with Gasteiger partial charge in [0.25, 0.3) is 5.91 Å². The van der Waals surface area contributed by atoms with Crippen LogP contribution in [0.1, 0.15) is 18.4 Å². The molecule has 1 heterocycles. The van der Waals surface area contributed by atoms with Crippen LogP contribution in [-0.4, -0.2) is 36.6 Å². The SMILES string of the molecule is CN(Cc1cc(Br)ccc1F)C(=O)[C@@H]1CC[C@H](CN)O1. The van der Waals surface area contributed by atoms with Crippen molar-refractivity contribution in [1.82, 2.24) is 4.90 Å². The summed E-state index contributed by atoms with van der Waals surface area (Å²) >= 11 is 3.30. The van der Waals surface area contributed by atoms with Gasteiger partial charge in [-0.1, -0.05) is 15.9 Å². The highest BCUT2D eigenvalue weighted by Gasteiger charge is 2.31. The lowest BCUT2D eigenvalue weighted by molar-refractivity contribution is -0.141. The molecule has 0 aliphatic carbocycles. The van der Waals surface area contributed by atoms with Crippen LogP contribution < -0.4 is 5.73 Å². The summed E-state index contributed by atoms with van der Waals surface area (Å²) < 4.78 is 20.0.